The fourth-order valence-corrected chi connectivity index (χ4v) is 6.51. The Morgan fingerprint density at radius 3 is 2.42 bits per heavy atom. The van der Waals surface area contributed by atoms with E-state index in [1.807, 2.05) is 63.2 Å². The van der Waals surface area contributed by atoms with Gasteiger partial charge in [-0.3, -0.25) is 19.0 Å². The van der Waals surface area contributed by atoms with E-state index in [1.165, 1.54) is 38.4 Å². The third kappa shape index (κ3) is 7.67. The SMILES string of the molecule is CC(C)(C)C(=O)n1nc(-c2cc(C#Cc3ccccc3)cc(=O)n2CC(=O)N2CCOCC2)cc1SCc1ccc(Cl)s1. The standard InChI is InChI=1S/C32H31ClN4O4S2/c1-32(2,3)31(40)37-30(42-21-24-11-12-27(33)43-24)19-25(34-37)26-17-23(10-9-22-7-5-4-6-8-22)18-28(38)36(26)20-29(39)35-13-15-41-16-14-35/h4-8,11-12,17-19H,13-16,20-21H2,1-3H3. The van der Waals surface area contributed by atoms with E-state index in [0.29, 0.717) is 58.4 Å². The molecular weight excluding hydrogens is 604 g/mol. The van der Waals surface area contributed by atoms with Crippen molar-refractivity contribution in [2.24, 2.45) is 5.41 Å². The molecule has 0 saturated carbocycles. The molecule has 3 aromatic heterocycles. The van der Waals surface area contributed by atoms with E-state index in [-0.39, 0.29) is 23.9 Å². The van der Waals surface area contributed by atoms with Crippen LogP contribution >= 0.6 is 34.7 Å². The summed E-state index contributed by atoms with van der Waals surface area (Å²) in [6, 6.07) is 18.3. The lowest BCUT2D eigenvalue weighted by Gasteiger charge is -2.27. The number of morpholine rings is 1. The van der Waals surface area contributed by atoms with Gasteiger partial charge in [0, 0.05) is 52.4 Å². The van der Waals surface area contributed by atoms with Gasteiger partial charge in [-0.2, -0.15) is 9.78 Å². The molecule has 8 nitrogen and oxygen atoms in total. The summed E-state index contributed by atoms with van der Waals surface area (Å²) >= 11 is 9.07. The summed E-state index contributed by atoms with van der Waals surface area (Å²) in [5.74, 6) is 6.38. The molecule has 1 saturated heterocycles. The summed E-state index contributed by atoms with van der Waals surface area (Å²) in [7, 11) is 0. The minimum absolute atomic E-state index is 0.170. The van der Waals surface area contributed by atoms with Gasteiger partial charge in [-0.15, -0.1) is 23.1 Å². The van der Waals surface area contributed by atoms with Crippen molar-refractivity contribution in [3.05, 3.63) is 91.4 Å². The first-order valence-corrected chi connectivity index (χ1v) is 16.0. The third-order valence-corrected chi connectivity index (χ3v) is 9.13. The van der Waals surface area contributed by atoms with Gasteiger partial charge in [-0.25, -0.2) is 0 Å². The van der Waals surface area contributed by atoms with Crippen LogP contribution in [0.5, 0.6) is 0 Å². The Morgan fingerprint density at radius 2 is 1.74 bits per heavy atom. The molecule has 1 aliphatic heterocycles. The number of hydrogen-bond acceptors (Lipinski definition) is 7. The van der Waals surface area contributed by atoms with Crippen molar-refractivity contribution in [3.8, 4) is 23.2 Å². The molecule has 0 aliphatic carbocycles. The summed E-state index contributed by atoms with van der Waals surface area (Å²) in [4.78, 5) is 43.1. The summed E-state index contributed by atoms with van der Waals surface area (Å²) in [6.45, 7) is 7.17. The summed E-state index contributed by atoms with van der Waals surface area (Å²) in [6.07, 6.45) is 0. The molecule has 0 atom stereocenters. The van der Waals surface area contributed by atoms with E-state index in [4.69, 9.17) is 21.4 Å². The molecule has 1 fully saturated rings. The van der Waals surface area contributed by atoms with E-state index in [2.05, 4.69) is 11.8 Å². The van der Waals surface area contributed by atoms with Crippen LogP contribution in [-0.2, 0) is 21.8 Å². The highest BCUT2D eigenvalue weighted by molar-refractivity contribution is 7.98. The number of halogens is 1. The Hall–Kier alpha value is -3.62. The number of rotatable bonds is 6. The minimum atomic E-state index is -0.709. The lowest BCUT2D eigenvalue weighted by atomic mass is 9.96. The van der Waals surface area contributed by atoms with E-state index in [0.717, 1.165) is 10.4 Å². The van der Waals surface area contributed by atoms with Crippen molar-refractivity contribution in [2.75, 3.05) is 26.3 Å². The Morgan fingerprint density at radius 1 is 1.02 bits per heavy atom. The van der Waals surface area contributed by atoms with E-state index in [9.17, 15) is 14.4 Å². The smallest absolute Gasteiger partial charge is 0.253 e. The van der Waals surface area contributed by atoms with Crippen molar-refractivity contribution in [3.63, 3.8) is 0 Å². The highest BCUT2D eigenvalue weighted by atomic mass is 35.5. The molecule has 0 spiro atoms. The number of thioether (sulfide) groups is 1. The second-order valence-electron chi connectivity index (χ2n) is 11.0. The molecule has 11 heteroatoms. The molecular formula is C32H31ClN4O4S2. The quantitative estimate of drug-likeness (QED) is 0.201. The second kappa shape index (κ2) is 13.3. The van der Waals surface area contributed by atoms with Gasteiger partial charge in [0.15, 0.2) is 0 Å². The first-order chi connectivity index (χ1) is 20.6. The van der Waals surface area contributed by atoms with Crippen LogP contribution in [-0.4, -0.2) is 57.4 Å². The Balaban J connectivity index is 1.59. The van der Waals surface area contributed by atoms with Gasteiger partial charge in [-0.1, -0.05) is 62.4 Å². The zero-order valence-electron chi connectivity index (χ0n) is 24.1. The van der Waals surface area contributed by atoms with Gasteiger partial charge in [0.05, 0.1) is 23.2 Å². The number of carbonyl (C=O) groups is 2. The van der Waals surface area contributed by atoms with Crippen molar-refractivity contribution >= 4 is 46.5 Å². The lowest BCUT2D eigenvalue weighted by molar-refractivity contribution is -0.135. The van der Waals surface area contributed by atoms with Crippen LogP contribution in [0.3, 0.4) is 0 Å². The number of ether oxygens (including phenoxy) is 1. The molecule has 0 N–H and O–H groups in total. The maximum atomic E-state index is 13.5. The highest BCUT2D eigenvalue weighted by Gasteiger charge is 2.28. The monoisotopic (exact) mass is 634 g/mol. The molecule has 1 aromatic carbocycles. The molecule has 0 unspecified atom stereocenters. The van der Waals surface area contributed by atoms with Crippen LogP contribution in [0.15, 0.2) is 70.5 Å². The molecule has 0 radical (unpaired) electrons. The van der Waals surface area contributed by atoms with Gasteiger partial charge in [-0.05, 0) is 30.3 Å². The third-order valence-electron chi connectivity index (χ3n) is 6.67. The van der Waals surface area contributed by atoms with Crippen molar-refractivity contribution in [1.82, 2.24) is 19.2 Å². The van der Waals surface area contributed by atoms with Gasteiger partial charge in [0.1, 0.15) is 17.3 Å². The average molecular weight is 635 g/mol. The number of pyridine rings is 1. The zero-order chi connectivity index (χ0) is 30.6. The van der Waals surface area contributed by atoms with Crippen LogP contribution in [0, 0.1) is 17.3 Å². The van der Waals surface area contributed by atoms with Crippen LogP contribution in [0.1, 0.15) is 41.6 Å². The van der Waals surface area contributed by atoms with E-state index >= 15 is 0 Å². The number of thiophene rings is 1. The number of amides is 1. The van der Waals surface area contributed by atoms with Crippen LogP contribution in [0.25, 0.3) is 11.4 Å². The van der Waals surface area contributed by atoms with Crippen LogP contribution in [0.4, 0.5) is 0 Å². The first kappa shape index (κ1) is 30.8. The zero-order valence-corrected chi connectivity index (χ0v) is 26.5. The Labute approximate surface area is 263 Å². The van der Waals surface area contributed by atoms with Gasteiger partial charge in [0.25, 0.3) is 11.5 Å². The number of hydrogen-bond donors (Lipinski definition) is 0. The number of nitrogens with zero attached hydrogens (tertiary/aromatic N) is 4. The van der Waals surface area contributed by atoms with Crippen molar-refractivity contribution in [1.29, 1.82) is 0 Å². The van der Waals surface area contributed by atoms with Gasteiger partial charge in [0.2, 0.25) is 5.91 Å². The van der Waals surface area contributed by atoms with Crippen LogP contribution in [0.2, 0.25) is 4.34 Å². The molecule has 222 valence electrons. The Bertz CT molecular complexity index is 1750. The predicted molar refractivity (Wildman–Crippen MR) is 171 cm³/mol. The average Bonchev–Trinajstić information content (AvgIpc) is 3.62. The van der Waals surface area contributed by atoms with Gasteiger partial charge >= 0.3 is 0 Å². The maximum absolute atomic E-state index is 13.5. The second-order valence-corrected chi connectivity index (χ2v) is 13.8. The van der Waals surface area contributed by atoms with Crippen LogP contribution < -0.4 is 5.56 Å². The molecule has 0 bridgehead atoms. The summed E-state index contributed by atoms with van der Waals surface area (Å²) in [5.41, 5.74) is 1.02. The predicted octanol–water partition coefficient (Wildman–Crippen LogP) is 5.66. The minimum Gasteiger partial charge on any atom is -0.378 e. The molecule has 4 heterocycles. The molecule has 5 rings (SSSR count). The summed E-state index contributed by atoms with van der Waals surface area (Å²) in [5, 5.41) is 5.34. The normalized spacial score (nSPS) is 13.4. The fraction of sp³-hybridized carbons (Fsp3) is 0.312. The molecule has 1 amide bonds. The summed E-state index contributed by atoms with van der Waals surface area (Å²) < 4.78 is 8.89. The van der Waals surface area contributed by atoms with Gasteiger partial charge < -0.3 is 9.64 Å². The Kier molecular flexibility index (Phi) is 9.57. The fourth-order valence-electron chi connectivity index (χ4n) is 4.39. The number of benzene rings is 1. The number of aromatic nitrogens is 3. The largest absolute Gasteiger partial charge is 0.378 e. The molecule has 43 heavy (non-hydrogen) atoms. The van der Waals surface area contributed by atoms with Crippen molar-refractivity contribution in [2.45, 2.75) is 38.1 Å². The van der Waals surface area contributed by atoms with E-state index in [1.54, 1.807) is 17.0 Å². The maximum Gasteiger partial charge on any atom is 0.253 e. The topological polar surface area (TPSA) is 86.4 Å². The lowest BCUT2D eigenvalue weighted by Crippen LogP contribution is -2.43. The van der Waals surface area contributed by atoms with E-state index < -0.39 is 5.41 Å². The molecule has 1 aliphatic rings. The molecule has 4 aromatic rings. The number of carbonyl (C=O) groups excluding carboxylic acids is 2. The first-order valence-electron chi connectivity index (χ1n) is 13.8. The van der Waals surface area contributed by atoms with Crippen molar-refractivity contribution < 1.29 is 14.3 Å². The highest BCUT2D eigenvalue weighted by Crippen LogP contribution is 2.33.